The van der Waals surface area contributed by atoms with Gasteiger partial charge in [0.2, 0.25) is 10.0 Å². The molecule has 2 N–H and O–H groups in total. The molecule has 0 aromatic heterocycles. The van der Waals surface area contributed by atoms with E-state index in [0.717, 1.165) is 5.69 Å². The monoisotopic (exact) mass is 282 g/mol. The van der Waals surface area contributed by atoms with E-state index in [1.165, 1.54) is 32.1 Å². The van der Waals surface area contributed by atoms with Crippen molar-refractivity contribution < 1.29 is 8.42 Å². The molecular formula is C14H22N2O2S. The Morgan fingerprint density at radius 3 is 2.32 bits per heavy atom. The van der Waals surface area contributed by atoms with Gasteiger partial charge in [-0.25, -0.2) is 13.1 Å². The molecule has 0 saturated heterocycles. The Labute approximate surface area is 115 Å². The molecule has 0 aliphatic heterocycles. The lowest BCUT2D eigenvalue weighted by Gasteiger charge is -2.23. The van der Waals surface area contributed by atoms with Gasteiger partial charge in [-0.3, -0.25) is 0 Å². The highest BCUT2D eigenvalue weighted by Crippen LogP contribution is 2.22. The van der Waals surface area contributed by atoms with Gasteiger partial charge in [0.25, 0.3) is 0 Å². The van der Waals surface area contributed by atoms with E-state index in [1.54, 1.807) is 19.1 Å². The summed E-state index contributed by atoms with van der Waals surface area (Å²) in [5, 5.41) is 3.48. The quantitative estimate of drug-likeness (QED) is 0.873. The third kappa shape index (κ3) is 3.94. The number of benzene rings is 1. The molecule has 5 heteroatoms. The Morgan fingerprint density at radius 1 is 1.11 bits per heavy atom. The van der Waals surface area contributed by atoms with Crippen molar-refractivity contribution in [1.82, 2.24) is 4.72 Å². The van der Waals surface area contributed by atoms with Gasteiger partial charge in [-0.15, -0.1) is 0 Å². The molecule has 1 fully saturated rings. The molecule has 2 rings (SSSR count). The largest absolute Gasteiger partial charge is 0.382 e. The van der Waals surface area contributed by atoms with Crippen LogP contribution in [0.5, 0.6) is 0 Å². The zero-order valence-corrected chi connectivity index (χ0v) is 12.2. The second kappa shape index (κ2) is 6.39. The van der Waals surface area contributed by atoms with Gasteiger partial charge in [-0.1, -0.05) is 26.2 Å². The van der Waals surface area contributed by atoms with Crippen LogP contribution in [0.25, 0.3) is 0 Å². The first kappa shape index (κ1) is 14.3. The highest BCUT2D eigenvalue weighted by molar-refractivity contribution is 7.89. The first-order valence-electron chi connectivity index (χ1n) is 6.98. The molecule has 0 spiro atoms. The summed E-state index contributed by atoms with van der Waals surface area (Å²) >= 11 is 0. The Bertz CT molecular complexity index is 491. The van der Waals surface area contributed by atoms with Gasteiger partial charge in [0.1, 0.15) is 0 Å². The molecule has 1 aromatic rings. The summed E-state index contributed by atoms with van der Waals surface area (Å²) in [5.74, 6) is 0. The summed E-state index contributed by atoms with van der Waals surface area (Å²) in [6, 6.07) is 7.54. The zero-order chi connectivity index (χ0) is 13.7. The fraction of sp³-hybridized carbons (Fsp3) is 0.571. The Kier molecular flexibility index (Phi) is 4.82. The average molecular weight is 282 g/mol. The van der Waals surface area contributed by atoms with E-state index in [1.807, 2.05) is 12.1 Å². The fourth-order valence-corrected chi connectivity index (χ4v) is 3.53. The van der Waals surface area contributed by atoms with E-state index in [-0.39, 0.29) is 0 Å². The minimum absolute atomic E-state index is 0.323. The summed E-state index contributed by atoms with van der Waals surface area (Å²) in [5.41, 5.74) is 1.00. The second-order valence-corrected chi connectivity index (χ2v) is 6.77. The first-order valence-corrected chi connectivity index (χ1v) is 8.46. The Hall–Kier alpha value is -1.07. The molecule has 0 bridgehead atoms. The highest BCUT2D eigenvalue weighted by Gasteiger charge is 2.14. The zero-order valence-electron chi connectivity index (χ0n) is 11.4. The molecule has 19 heavy (non-hydrogen) atoms. The number of hydrogen-bond acceptors (Lipinski definition) is 3. The molecule has 4 nitrogen and oxygen atoms in total. The lowest BCUT2D eigenvalue weighted by Crippen LogP contribution is -2.23. The molecule has 1 aliphatic rings. The SMILES string of the molecule is CCNS(=O)(=O)c1ccc(NC2CCCCC2)cc1. The molecule has 106 valence electrons. The molecule has 0 unspecified atom stereocenters. The van der Waals surface area contributed by atoms with Crippen molar-refractivity contribution in [3.8, 4) is 0 Å². The maximum absolute atomic E-state index is 11.8. The van der Waals surface area contributed by atoms with Crippen LogP contribution >= 0.6 is 0 Å². The van der Waals surface area contributed by atoms with Gasteiger partial charge >= 0.3 is 0 Å². The van der Waals surface area contributed by atoms with Gasteiger partial charge in [0.15, 0.2) is 0 Å². The molecule has 1 aliphatic carbocycles. The maximum Gasteiger partial charge on any atom is 0.240 e. The van der Waals surface area contributed by atoms with Crippen LogP contribution in [-0.2, 0) is 10.0 Å². The maximum atomic E-state index is 11.8. The fourth-order valence-electron chi connectivity index (χ4n) is 2.49. The van der Waals surface area contributed by atoms with Crippen LogP contribution in [0, 0.1) is 0 Å². The Balaban J connectivity index is 2.01. The topological polar surface area (TPSA) is 58.2 Å². The number of anilines is 1. The third-order valence-corrected chi connectivity index (χ3v) is 5.04. The van der Waals surface area contributed by atoms with E-state index in [9.17, 15) is 8.42 Å². The molecule has 0 radical (unpaired) electrons. The lowest BCUT2D eigenvalue weighted by molar-refractivity contribution is 0.463. The molecule has 1 aromatic carbocycles. The van der Waals surface area contributed by atoms with E-state index in [4.69, 9.17) is 0 Å². The van der Waals surface area contributed by atoms with Crippen LogP contribution in [-0.4, -0.2) is 21.0 Å². The van der Waals surface area contributed by atoms with Gasteiger partial charge in [0.05, 0.1) is 4.90 Å². The van der Waals surface area contributed by atoms with Crippen LogP contribution in [0.15, 0.2) is 29.2 Å². The van der Waals surface area contributed by atoms with E-state index >= 15 is 0 Å². The minimum atomic E-state index is -3.34. The smallest absolute Gasteiger partial charge is 0.240 e. The standard InChI is InChI=1S/C14H22N2O2S/c1-2-15-19(17,18)14-10-8-13(9-11-14)16-12-6-4-3-5-7-12/h8-12,15-16H,2-7H2,1H3. The second-order valence-electron chi connectivity index (χ2n) is 5.00. The first-order chi connectivity index (χ1) is 9.12. The summed E-state index contributed by atoms with van der Waals surface area (Å²) in [6.07, 6.45) is 6.31. The van der Waals surface area contributed by atoms with Crippen LogP contribution in [0.2, 0.25) is 0 Å². The van der Waals surface area contributed by atoms with Crippen molar-refractivity contribution in [3.63, 3.8) is 0 Å². The van der Waals surface area contributed by atoms with E-state index < -0.39 is 10.0 Å². The van der Waals surface area contributed by atoms with Crippen molar-refractivity contribution >= 4 is 15.7 Å². The average Bonchev–Trinajstić information content (AvgIpc) is 2.40. The third-order valence-electron chi connectivity index (χ3n) is 3.47. The van der Waals surface area contributed by atoms with E-state index in [0.29, 0.717) is 17.5 Å². The summed E-state index contributed by atoms with van der Waals surface area (Å²) in [6.45, 7) is 2.18. The molecule has 0 amide bonds. The summed E-state index contributed by atoms with van der Waals surface area (Å²) < 4.78 is 26.1. The molecular weight excluding hydrogens is 260 g/mol. The molecule has 0 heterocycles. The van der Waals surface area contributed by atoms with Crippen LogP contribution in [0.3, 0.4) is 0 Å². The normalized spacial score (nSPS) is 17.3. The van der Waals surface area contributed by atoms with Gasteiger partial charge in [-0.2, -0.15) is 0 Å². The van der Waals surface area contributed by atoms with E-state index in [2.05, 4.69) is 10.0 Å². The van der Waals surface area contributed by atoms with Crippen LogP contribution < -0.4 is 10.0 Å². The minimum Gasteiger partial charge on any atom is -0.382 e. The highest BCUT2D eigenvalue weighted by atomic mass is 32.2. The number of sulfonamides is 1. The van der Waals surface area contributed by atoms with Crippen molar-refractivity contribution in [3.05, 3.63) is 24.3 Å². The molecule has 1 saturated carbocycles. The van der Waals surface area contributed by atoms with Crippen molar-refractivity contribution in [2.45, 2.75) is 50.0 Å². The van der Waals surface area contributed by atoms with Crippen molar-refractivity contribution in [1.29, 1.82) is 0 Å². The lowest BCUT2D eigenvalue weighted by atomic mass is 9.95. The van der Waals surface area contributed by atoms with Crippen LogP contribution in [0.4, 0.5) is 5.69 Å². The Morgan fingerprint density at radius 2 is 1.74 bits per heavy atom. The predicted octanol–water partition coefficient (Wildman–Crippen LogP) is 2.73. The van der Waals surface area contributed by atoms with Gasteiger partial charge in [-0.05, 0) is 37.1 Å². The predicted molar refractivity (Wildman–Crippen MR) is 77.8 cm³/mol. The van der Waals surface area contributed by atoms with Crippen molar-refractivity contribution in [2.75, 3.05) is 11.9 Å². The van der Waals surface area contributed by atoms with Crippen LogP contribution in [0.1, 0.15) is 39.0 Å². The van der Waals surface area contributed by atoms with Gasteiger partial charge in [0, 0.05) is 18.3 Å². The van der Waals surface area contributed by atoms with Gasteiger partial charge < -0.3 is 5.32 Å². The number of rotatable bonds is 5. The number of nitrogens with one attached hydrogen (secondary N) is 2. The molecule has 0 atom stereocenters. The summed E-state index contributed by atoms with van der Waals surface area (Å²) in [7, 11) is -3.34. The summed E-state index contributed by atoms with van der Waals surface area (Å²) in [4.78, 5) is 0.323. The number of hydrogen-bond donors (Lipinski definition) is 2. The van der Waals surface area contributed by atoms with Crippen molar-refractivity contribution in [2.24, 2.45) is 0 Å².